The molecule has 0 spiro atoms. The number of fused-ring (bicyclic) bond motifs is 1. The number of methoxy groups -OCH3 is 1. The molecule has 0 unspecified atom stereocenters. The number of hydrogen-bond donors (Lipinski definition) is 2. The zero-order valence-corrected chi connectivity index (χ0v) is 18.5. The molecule has 0 aliphatic carbocycles. The van der Waals surface area contributed by atoms with Crippen LogP contribution in [0.5, 0.6) is 0 Å². The molecule has 2 aromatic heterocycles. The summed E-state index contributed by atoms with van der Waals surface area (Å²) in [6.07, 6.45) is 1.54. The van der Waals surface area contributed by atoms with Crippen molar-refractivity contribution in [3.8, 4) is 0 Å². The highest BCUT2D eigenvalue weighted by Crippen LogP contribution is 2.32. The van der Waals surface area contributed by atoms with Crippen LogP contribution in [0.4, 0.5) is 5.82 Å². The van der Waals surface area contributed by atoms with Crippen LogP contribution in [0.15, 0.2) is 42.6 Å². The summed E-state index contributed by atoms with van der Waals surface area (Å²) >= 11 is 0. The number of anilines is 1. The zero-order valence-electron chi connectivity index (χ0n) is 18.5. The Morgan fingerprint density at radius 1 is 1.25 bits per heavy atom. The minimum atomic E-state index is -0.469. The third kappa shape index (κ3) is 4.43. The number of carbonyl (C=O) groups excluding carboxylic acids is 2. The van der Waals surface area contributed by atoms with Crippen LogP contribution in [0.25, 0.3) is 10.9 Å². The molecule has 1 saturated heterocycles. The quantitative estimate of drug-likeness (QED) is 0.584. The van der Waals surface area contributed by atoms with E-state index in [2.05, 4.69) is 10.3 Å². The normalized spacial score (nSPS) is 14.4. The molecule has 168 valence electrons. The largest absolute Gasteiger partial charge is 0.384 e. The van der Waals surface area contributed by atoms with E-state index in [9.17, 15) is 9.59 Å². The fraction of sp³-hybridized carbons (Fsp3) is 0.391. The second kappa shape index (κ2) is 8.58. The number of nitrogens with two attached hydrogens (primary N) is 1. The lowest BCUT2D eigenvalue weighted by atomic mass is 9.93. The third-order valence-electron chi connectivity index (χ3n) is 5.55. The molecule has 3 aromatic rings. The summed E-state index contributed by atoms with van der Waals surface area (Å²) in [4.78, 5) is 31.1. The lowest BCUT2D eigenvalue weighted by molar-refractivity contribution is -0.124. The number of ether oxygens (including phenoxy) is 1. The van der Waals surface area contributed by atoms with E-state index >= 15 is 0 Å². The maximum Gasteiger partial charge on any atom is 0.254 e. The lowest BCUT2D eigenvalue weighted by Gasteiger charge is -2.38. The molecule has 1 aliphatic heterocycles. The highest BCUT2D eigenvalue weighted by Gasteiger charge is 2.35. The minimum absolute atomic E-state index is 0.0705. The smallest absolute Gasteiger partial charge is 0.254 e. The number of hydrogen-bond acceptors (Lipinski definition) is 6. The standard InChI is InChI=1S/C23H28N6O3/c1-23(2,14-32-3)26-20(30)13-29-18-7-5-4-6-17(18)21(27-29)16-11-28(12-16)22(31)15-8-9-25-19(24)10-15/h4-10,16H,11-14H2,1-3H3,(H2,24,25)(H,26,30). The first kappa shape index (κ1) is 21.8. The van der Waals surface area contributed by atoms with E-state index in [0.29, 0.717) is 31.1 Å². The van der Waals surface area contributed by atoms with E-state index in [1.54, 1.807) is 28.8 Å². The third-order valence-corrected chi connectivity index (χ3v) is 5.55. The van der Waals surface area contributed by atoms with Gasteiger partial charge in [0.2, 0.25) is 5.91 Å². The van der Waals surface area contributed by atoms with Gasteiger partial charge < -0.3 is 20.7 Å². The fourth-order valence-electron chi connectivity index (χ4n) is 4.11. The average Bonchev–Trinajstić information content (AvgIpc) is 3.04. The number of rotatable bonds is 7. The molecule has 0 saturated carbocycles. The van der Waals surface area contributed by atoms with Gasteiger partial charge in [-0.15, -0.1) is 0 Å². The first-order valence-corrected chi connectivity index (χ1v) is 10.5. The Labute approximate surface area is 186 Å². The van der Waals surface area contributed by atoms with Gasteiger partial charge in [0.15, 0.2) is 0 Å². The molecule has 0 radical (unpaired) electrons. The number of aromatic nitrogens is 3. The predicted molar refractivity (Wildman–Crippen MR) is 121 cm³/mol. The van der Waals surface area contributed by atoms with Crippen LogP contribution in [-0.4, -0.2) is 63.8 Å². The number of para-hydroxylation sites is 1. The van der Waals surface area contributed by atoms with E-state index in [0.717, 1.165) is 16.6 Å². The molecule has 1 fully saturated rings. The summed E-state index contributed by atoms with van der Waals surface area (Å²) in [5.41, 5.74) is 7.56. The van der Waals surface area contributed by atoms with Gasteiger partial charge in [-0.3, -0.25) is 14.3 Å². The van der Waals surface area contributed by atoms with Gasteiger partial charge in [0.25, 0.3) is 5.91 Å². The van der Waals surface area contributed by atoms with Crippen LogP contribution < -0.4 is 11.1 Å². The molecular formula is C23H28N6O3. The summed E-state index contributed by atoms with van der Waals surface area (Å²) in [6, 6.07) is 11.1. The van der Waals surface area contributed by atoms with Crippen LogP contribution >= 0.6 is 0 Å². The fourth-order valence-corrected chi connectivity index (χ4v) is 4.11. The van der Waals surface area contributed by atoms with E-state index in [4.69, 9.17) is 15.6 Å². The molecule has 9 nitrogen and oxygen atoms in total. The van der Waals surface area contributed by atoms with Crippen molar-refractivity contribution in [2.75, 3.05) is 32.5 Å². The van der Waals surface area contributed by atoms with Gasteiger partial charge in [0.1, 0.15) is 12.4 Å². The van der Waals surface area contributed by atoms with Crippen LogP contribution in [0.2, 0.25) is 0 Å². The Bertz CT molecular complexity index is 1150. The predicted octanol–water partition coefficient (Wildman–Crippen LogP) is 1.79. The van der Waals surface area contributed by atoms with Crippen molar-refractivity contribution >= 4 is 28.5 Å². The van der Waals surface area contributed by atoms with Crippen LogP contribution in [0, 0.1) is 0 Å². The average molecular weight is 437 g/mol. The molecule has 32 heavy (non-hydrogen) atoms. The maximum atomic E-state index is 12.7. The number of nitrogens with zero attached hydrogens (tertiary/aromatic N) is 4. The van der Waals surface area contributed by atoms with Crippen molar-refractivity contribution in [1.29, 1.82) is 0 Å². The topological polar surface area (TPSA) is 115 Å². The second-order valence-corrected chi connectivity index (χ2v) is 8.80. The van der Waals surface area contributed by atoms with Crippen molar-refractivity contribution in [3.05, 3.63) is 53.9 Å². The van der Waals surface area contributed by atoms with Crippen LogP contribution in [-0.2, 0) is 16.1 Å². The highest BCUT2D eigenvalue weighted by atomic mass is 16.5. The van der Waals surface area contributed by atoms with Crippen molar-refractivity contribution in [2.45, 2.75) is 31.8 Å². The summed E-state index contributed by atoms with van der Waals surface area (Å²) in [7, 11) is 1.61. The van der Waals surface area contributed by atoms with Gasteiger partial charge in [-0.25, -0.2) is 4.98 Å². The number of likely N-dealkylation sites (tertiary alicyclic amines) is 1. The Kier molecular flexibility index (Phi) is 5.84. The first-order valence-electron chi connectivity index (χ1n) is 10.5. The monoisotopic (exact) mass is 436 g/mol. The highest BCUT2D eigenvalue weighted by molar-refractivity contribution is 5.95. The molecule has 3 N–H and O–H groups in total. The van der Waals surface area contributed by atoms with Gasteiger partial charge in [-0.1, -0.05) is 18.2 Å². The number of amides is 2. The maximum absolute atomic E-state index is 12.7. The van der Waals surface area contributed by atoms with Crippen LogP contribution in [0.1, 0.15) is 35.8 Å². The van der Waals surface area contributed by atoms with E-state index in [1.165, 1.54) is 6.20 Å². The van der Waals surface area contributed by atoms with Gasteiger partial charge in [-0.2, -0.15) is 5.10 Å². The zero-order chi connectivity index (χ0) is 22.9. The molecule has 0 bridgehead atoms. The number of pyridine rings is 1. The Morgan fingerprint density at radius 2 is 2.00 bits per heavy atom. The molecule has 9 heteroatoms. The Balaban J connectivity index is 1.49. The minimum Gasteiger partial charge on any atom is -0.384 e. The molecule has 1 aliphatic rings. The van der Waals surface area contributed by atoms with Gasteiger partial charge in [-0.05, 0) is 32.0 Å². The first-order chi connectivity index (χ1) is 15.3. The summed E-state index contributed by atoms with van der Waals surface area (Å²) in [5, 5.41) is 8.75. The van der Waals surface area contributed by atoms with E-state index in [1.807, 2.05) is 38.1 Å². The van der Waals surface area contributed by atoms with Gasteiger partial charge >= 0.3 is 0 Å². The molecular weight excluding hydrogens is 408 g/mol. The summed E-state index contributed by atoms with van der Waals surface area (Å²) in [6.45, 7) is 5.48. The van der Waals surface area contributed by atoms with Crippen molar-refractivity contribution in [1.82, 2.24) is 25.0 Å². The molecule has 2 amide bonds. The van der Waals surface area contributed by atoms with Gasteiger partial charge in [0, 0.05) is 43.3 Å². The molecule has 1 aromatic carbocycles. The molecule has 4 rings (SSSR count). The molecule has 3 heterocycles. The van der Waals surface area contributed by atoms with Gasteiger partial charge in [0.05, 0.1) is 23.4 Å². The van der Waals surface area contributed by atoms with E-state index in [-0.39, 0.29) is 24.3 Å². The lowest BCUT2D eigenvalue weighted by Crippen LogP contribution is -2.49. The second-order valence-electron chi connectivity index (χ2n) is 8.80. The molecule has 0 atom stereocenters. The van der Waals surface area contributed by atoms with Crippen molar-refractivity contribution < 1.29 is 14.3 Å². The Morgan fingerprint density at radius 3 is 2.72 bits per heavy atom. The SMILES string of the molecule is COCC(C)(C)NC(=O)Cn1nc(C2CN(C(=O)c3ccnc(N)c3)C2)c2ccccc21. The number of carbonyl (C=O) groups is 2. The van der Waals surface area contributed by atoms with Crippen molar-refractivity contribution in [2.24, 2.45) is 0 Å². The van der Waals surface area contributed by atoms with Crippen molar-refractivity contribution in [3.63, 3.8) is 0 Å². The summed E-state index contributed by atoms with van der Waals surface area (Å²) in [5.74, 6) is 0.230. The number of nitrogens with one attached hydrogen (secondary N) is 1. The number of benzene rings is 1. The Hall–Kier alpha value is -3.46. The summed E-state index contributed by atoms with van der Waals surface area (Å²) < 4.78 is 6.91. The van der Waals surface area contributed by atoms with Crippen LogP contribution in [0.3, 0.4) is 0 Å². The number of nitrogen functional groups attached to an aromatic ring is 1. The van der Waals surface area contributed by atoms with E-state index < -0.39 is 5.54 Å².